The van der Waals surface area contributed by atoms with Crippen LogP contribution in [0.2, 0.25) is 0 Å². The minimum absolute atomic E-state index is 0.0703. The summed E-state index contributed by atoms with van der Waals surface area (Å²) in [6.45, 7) is 0. The van der Waals surface area contributed by atoms with Crippen molar-refractivity contribution in [3.8, 4) is 0 Å². The molecule has 6 nitrogen and oxygen atoms in total. The van der Waals surface area contributed by atoms with Crippen molar-refractivity contribution < 1.29 is 31.1 Å². The minimum atomic E-state index is -4.62. The highest BCUT2D eigenvalue weighted by atomic mass is 19.4. The highest BCUT2D eigenvalue weighted by Crippen LogP contribution is 2.30. The molecular formula is C17H15F6N5O. The first-order valence-electron chi connectivity index (χ1n) is 8.48. The number of aliphatic imine (C=N–C) groups is 1. The molecule has 0 spiro atoms. The molecule has 12 heteroatoms. The number of nitrogens with one attached hydrogen (secondary N) is 3. The Morgan fingerprint density at radius 3 is 2.21 bits per heavy atom. The van der Waals surface area contributed by atoms with Gasteiger partial charge in [0.15, 0.2) is 5.82 Å². The van der Waals surface area contributed by atoms with Crippen LogP contribution in [0.15, 0.2) is 35.3 Å². The largest absolute Gasteiger partial charge is 0.432 e. The first kappa shape index (κ1) is 20.7. The van der Waals surface area contributed by atoms with Gasteiger partial charge in [0.1, 0.15) is 5.69 Å². The number of carbonyl (C=O) groups excluding carboxylic acids is 1. The van der Waals surface area contributed by atoms with Crippen molar-refractivity contribution in [3.05, 3.63) is 47.2 Å². The van der Waals surface area contributed by atoms with Crippen LogP contribution in [-0.4, -0.2) is 28.1 Å². The second-order valence-corrected chi connectivity index (χ2v) is 6.38. The number of H-pyrrole nitrogens is 1. The van der Waals surface area contributed by atoms with E-state index in [1.54, 1.807) is 0 Å². The van der Waals surface area contributed by atoms with Crippen molar-refractivity contribution in [1.82, 2.24) is 15.5 Å². The SMILES string of the molecule is O=C(NC(=NC1CCC1)Nc1cc(C(F)(F)F)[nH]n1)c1ccc(C(F)(F)F)cc1. The quantitative estimate of drug-likeness (QED) is 0.396. The Morgan fingerprint density at radius 2 is 1.72 bits per heavy atom. The molecule has 0 saturated heterocycles. The van der Waals surface area contributed by atoms with Crippen LogP contribution >= 0.6 is 0 Å². The summed E-state index contributed by atoms with van der Waals surface area (Å²) in [5, 5.41) is 10.2. The molecule has 0 radical (unpaired) electrons. The van der Waals surface area contributed by atoms with E-state index in [0.29, 0.717) is 6.07 Å². The van der Waals surface area contributed by atoms with Crippen molar-refractivity contribution in [3.63, 3.8) is 0 Å². The number of amides is 1. The summed E-state index contributed by atoms with van der Waals surface area (Å²) >= 11 is 0. The van der Waals surface area contributed by atoms with Crippen LogP contribution in [-0.2, 0) is 12.4 Å². The number of nitrogens with zero attached hydrogens (tertiary/aromatic N) is 2. The molecular weight excluding hydrogens is 404 g/mol. The fraction of sp³-hybridized carbons (Fsp3) is 0.353. The predicted octanol–water partition coefficient (Wildman–Crippen LogP) is 4.20. The maximum absolute atomic E-state index is 12.7. The summed E-state index contributed by atoms with van der Waals surface area (Å²) in [6, 6.07) is 4.10. The fourth-order valence-corrected chi connectivity index (χ4v) is 2.44. The zero-order valence-electron chi connectivity index (χ0n) is 14.7. The highest BCUT2D eigenvalue weighted by molar-refractivity contribution is 6.09. The lowest BCUT2D eigenvalue weighted by Gasteiger charge is -2.22. The lowest BCUT2D eigenvalue weighted by Crippen LogP contribution is -2.38. The topological polar surface area (TPSA) is 82.2 Å². The molecule has 0 bridgehead atoms. The van der Waals surface area contributed by atoms with E-state index >= 15 is 0 Å². The van der Waals surface area contributed by atoms with Gasteiger partial charge in [-0.25, -0.2) is 4.99 Å². The molecule has 3 N–H and O–H groups in total. The van der Waals surface area contributed by atoms with E-state index < -0.39 is 29.5 Å². The van der Waals surface area contributed by atoms with Crippen LogP contribution in [0.3, 0.4) is 0 Å². The smallest absolute Gasteiger partial charge is 0.309 e. The van der Waals surface area contributed by atoms with Gasteiger partial charge in [0, 0.05) is 11.6 Å². The molecule has 1 saturated carbocycles. The molecule has 0 atom stereocenters. The predicted molar refractivity (Wildman–Crippen MR) is 91.2 cm³/mol. The van der Waals surface area contributed by atoms with Gasteiger partial charge in [-0.1, -0.05) is 0 Å². The van der Waals surface area contributed by atoms with Crippen molar-refractivity contribution in [1.29, 1.82) is 0 Å². The number of aromatic amines is 1. The molecule has 1 heterocycles. The summed E-state index contributed by atoms with van der Waals surface area (Å²) in [6.07, 6.45) is -6.74. The van der Waals surface area contributed by atoms with E-state index in [1.165, 1.54) is 0 Å². The summed E-state index contributed by atoms with van der Waals surface area (Å²) in [5.74, 6) is -1.13. The third-order valence-corrected chi connectivity index (χ3v) is 4.22. The van der Waals surface area contributed by atoms with Gasteiger partial charge in [0.25, 0.3) is 5.91 Å². The number of halogens is 6. The molecule has 1 amide bonds. The van der Waals surface area contributed by atoms with Crippen LogP contribution < -0.4 is 10.6 Å². The van der Waals surface area contributed by atoms with Crippen molar-refractivity contribution >= 4 is 17.7 Å². The molecule has 0 unspecified atom stereocenters. The number of hydrogen-bond acceptors (Lipinski definition) is 3. The van der Waals surface area contributed by atoms with Gasteiger partial charge in [-0.05, 0) is 43.5 Å². The highest BCUT2D eigenvalue weighted by Gasteiger charge is 2.33. The van der Waals surface area contributed by atoms with Gasteiger partial charge in [0.05, 0.1) is 11.6 Å². The number of carbonyl (C=O) groups is 1. The van der Waals surface area contributed by atoms with Crippen LogP contribution in [0.4, 0.5) is 32.2 Å². The lowest BCUT2D eigenvalue weighted by atomic mass is 9.94. The summed E-state index contributed by atoms with van der Waals surface area (Å²) in [5.41, 5.74) is -2.07. The maximum Gasteiger partial charge on any atom is 0.432 e. The molecule has 1 aliphatic carbocycles. The second-order valence-electron chi connectivity index (χ2n) is 6.38. The van der Waals surface area contributed by atoms with Crippen LogP contribution in [0.1, 0.15) is 40.9 Å². The molecule has 1 aromatic heterocycles. The second kappa shape index (κ2) is 7.76. The molecule has 1 aromatic carbocycles. The number of guanidine groups is 1. The molecule has 1 aliphatic rings. The maximum atomic E-state index is 12.7. The van der Waals surface area contributed by atoms with Crippen molar-refractivity contribution in [2.45, 2.75) is 37.7 Å². The Bertz CT molecular complexity index is 896. The van der Waals surface area contributed by atoms with Crippen LogP contribution in [0, 0.1) is 0 Å². The first-order valence-corrected chi connectivity index (χ1v) is 8.48. The fourth-order valence-electron chi connectivity index (χ4n) is 2.44. The number of benzene rings is 1. The number of aromatic nitrogens is 2. The van der Waals surface area contributed by atoms with E-state index in [9.17, 15) is 31.1 Å². The van der Waals surface area contributed by atoms with Gasteiger partial charge in [-0.15, -0.1) is 0 Å². The average Bonchev–Trinajstić information content (AvgIpc) is 3.06. The molecule has 156 valence electrons. The van der Waals surface area contributed by atoms with Crippen molar-refractivity contribution in [2.75, 3.05) is 5.32 Å². The average molecular weight is 419 g/mol. The third kappa shape index (κ3) is 5.27. The number of rotatable bonds is 3. The molecule has 2 aromatic rings. The molecule has 29 heavy (non-hydrogen) atoms. The summed E-state index contributed by atoms with van der Waals surface area (Å²) in [7, 11) is 0. The van der Waals surface area contributed by atoms with Crippen LogP contribution in [0.25, 0.3) is 0 Å². The van der Waals surface area contributed by atoms with Crippen LogP contribution in [0.5, 0.6) is 0 Å². The van der Waals surface area contributed by atoms with E-state index in [2.05, 4.69) is 20.7 Å². The lowest BCUT2D eigenvalue weighted by molar-refractivity contribution is -0.141. The Hall–Kier alpha value is -3.05. The molecule has 0 aliphatic heterocycles. The molecule has 1 fully saturated rings. The van der Waals surface area contributed by atoms with Crippen molar-refractivity contribution in [2.24, 2.45) is 4.99 Å². The Morgan fingerprint density at radius 1 is 1.07 bits per heavy atom. The van der Waals surface area contributed by atoms with Gasteiger partial charge in [-0.2, -0.15) is 31.4 Å². The standard InChI is InChI=1S/C17H15F6N5O/c18-16(19,20)10-6-4-9(5-7-10)14(29)26-15(24-11-2-1-3-11)25-13-8-12(27-28-13)17(21,22)23/h4-8,11H,1-3H2,(H3,24,25,26,27,28,29). The zero-order chi connectivity index (χ0) is 21.2. The zero-order valence-corrected chi connectivity index (χ0v) is 14.7. The molecule has 3 rings (SSSR count). The van der Waals surface area contributed by atoms with E-state index in [0.717, 1.165) is 43.5 Å². The first-order chi connectivity index (χ1) is 13.5. The number of hydrogen-bond donors (Lipinski definition) is 3. The Balaban J connectivity index is 1.74. The van der Waals surface area contributed by atoms with Gasteiger partial charge in [0.2, 0.25) is 5.96 Å². The van der Waals surface area contributed by atoms with Gasteiger partial charge in [-0.3, -0.25) is 15.2 Å². The Kier molecular flexibility index (Phi) is 5.53. The van der Waals surface area contributed by atoms with Gasteiger partial charge < -0.3 is 5.32 Å². The third-order valence-electron chi connectivity index (χ3n) is 4.22. The Labute approximate surface area is 160 Å². The normalized spacial score (nSPS) is 15.7. The number of alkyl halides is 6. The minimum Gasteiger partial charge on any atom is -0.309 e. The monoisotopic (exact) mass is 419 g/mol. The number of anilines is 1. The van der Waals surface area contributed by atoms with E-state index in [1.807, 2.05) is 5.10 Å². The van der Waals surface area contributed by atoms with Gasteiger partial charge >= 0.3 is 12.4 Å². The van der Waals surface area contributed by atoms with E-state index in [4.69, 9.17) is 0 Å². The summed E-state index contributed by atoms with van der Waals surface area (Å²) in [4.78, 5) is 16.6. The summed E-state index contributed by atoms with van der Waals surface area (Å²) < 4.78 is 75.9. The van der Waals surface area contributed by atoms with E-state index in [-0.39, 0.29) is 23.4 Å².